The number of para-hydroxylation sites is 1. The van der Waals surface area contributed by atoms with E-state index < -0.39 is 0 Å². The fraction of sp³-hybridized carbons (Fsp3) is 0.333. The van der Waals surface area contributed by atoms with Crippen molar-refractivity contribution in [2.75, 3.05) is 25.0 Å². The Morgan fingerprint density at radius 2 is 2.28 bits per heavy atom. The van der Waals surface area contributed by atoms with Gasteiger partial charge in [0, 0.05) is 13.1 Å². The number of nitrogens with one attached hydrogen (secondary N) is 1. The highest BCUT2D eigenvalue weighted by Crippen LogP contribution is 2.25. The molecule has 0 aliphatic carbocycles. The molecule has 1 amide bonds. The van der Waals surface area contributed by atoms with Gasteiger partial charge in [-0.25, -0.2) is 4.98 Å². The van der Waals surface area contributed by atoms with Gasteiger partial charge in [0.2, 0.25) is 5.91 Å². The molecule has 1 aliphatic rings. The van der Waals surface area contributed by atoms with Crippen molar-refractivity contribution in [1.29, 1.82) is 0 Å². The van der Waals surface area contributed by atoms with E-state index in [1.807, 2.05) is 29.2 Å². The number of aliphatic hydroxyl groups excluding tert-OH is 1. The standard InChI is InChI=1S/C12H13N3O2S/c16-8-5-15(6-8)7-11(17)14-12-13-9-3-1-2-4-10(9)18-12/h1-4,8,16H,5-7H2,(H,13,14,17). The lowest BCUT2D eigenvalue weighted by Gasteiger charge is -2.34. The van der Waals surface area contributed by atoms with Crippen LogP contribution in [0.15, 0.2) is 24.3 Å². The van der Waals surface area contributed by atoms with Crippen molar-refractivity contribution in [3.05, 3.63) is 24.3 Å². The van der Waals surface area contributed by atoms with Gasteiger partial charge in [-0.05, 0) is 12.1 Å². The number of thiazole rings is 1. The summed E-state index contributed by atoms with van der Waals surface area (Å²) in [6, 6.07) is 7.78. The van der Waals surface area contributed by atoms with Crippen LogP contribution >= 0.6 is 11.3 Å². The average molecular weight is 263 g/mol. The maximum absolute atomic E-state index is 11.7. The van der Waals surface area contributed by atoms with Crippen LogP contribution in [0.2, 0.25) is 0 Å². The number of rotatable bonds is 3. The fourth-order valence-corrected chi connectivity index (χ4v) is 2.84. The van der Waals surface area contributed by atoms with Gasteiger partial charge in [0.05, 0.1) is 22.9 Å². The van der Waals surface area contributed by atoms with E-state index in [1.54, 1.807) is 0 Å². The molecule has 5 nitrogen and oxygen atoms in total. The number of hydrogen-bond donors (Lipinski definition) is 2. The molecule has 1 fully saturated rings. The second-order valence-corrected chi connectivity index (χ2v) is 5.41. The lowest BCUT2D eigenvalue weighted by Crippen LogP contribution is -2.53. The first-order valence-electron chi connectivity index (χ1n) is 5.76. The fourth-order valence-electron chi connectivity index (χ4n) is 1.96. The van der Waals surface area contributed by atoms with Crippen LogP contribution in [0.4, 0.5) is 5.13 Å². The zero-order chi connectivity index (χ0) is 12.5. The van der Waals surface area contributed by atoms with Gasteiger partial charge in [-0.3, -0.25) is 9.69 Å². The third-order valence-electron chi connectivity index (χ3n) is 2.85. The number of aromatic nitrogens is 1. The zero-order valence-corrected chi connectivity index (χ0v) is 10.5. The van der Waals surface area contributed by atoms with Gasteiger partial charge < -0.3 is 10.4 Å². The number of fused-ring (bicyclic) bond motifs is 1. The first-order valence-corrected chi connectivity index (χ1v) is 6.58. The van der Waals surface area contributed by atoms with Crippen molar-refractivity contribution in [3.8, 4) is 0 Å². The van der Waals surface area contributed by atoms with Gasteiger partial charge in [-0.1, -0.05) is 23.5 Å². The van der Waals surface area contributed by atoms with Gasteiger partial charge in [-0.15, -0.1) is 0 Å². The summed E-state index contributed by atoms with van der Waals surface area (Å²) in [4.78, 5) is 18.0. The molecule has 1 aliphatic heterocycles. The molecule has 0 atom stereocenters. The van der Waals surface area contributed by atoms with Crippen molar-refractivity contribution < 1.29 is 9.90 Å². The minimum absolute atomic E-state index is 0.0824. The van der Waals surface area contributed by atoms with E-state index in [9.17, 15) is 4.79 Å². The van der Waals surface area contributed by atoms with Gasteiger partial charge in [0.15, 0.2) is 5.13 Å². The summed E-state index contributed by atoms with van der Waals surface area (Å²) < 4.78 is 1.06. The largest absolute Gasteiger partial charge is 0.390 e. The number of likely N-dealkylation sites (tertiary alicyclic amines) is 1. The molecule has 0 radical (unpaired) electrons. The van der Waals surface area contributed by atoms with Crippen LogP contribution in [0, 0.1) is 0 Å². The molecule has 1 saturated heterocycles. The molecule has 94 valence electrons. The molecule has 18 heavy (non-hydrogen) atoms. The Bertz CT molecular complexity index is 544. The molecule has 0 bridgehead atoms. The van der Waals surface area contributed by atoms with Gasteiger partial charge in [0.1, 0.15) is 0 Å². The van der Waals surface area contributed by atoms with E-state index in [4.69, 9.17) is 5.11 Å². The van der Waals surface area contributed by atoms with Crippen molar-refractivity contribution in [2.45, 2.75) is 6.10 Å². The van der Waals surface area contributed by atoms with Crippen LogP contribution in [0.1, 0.15) is 0 Å². The lowest BCUT2D eigenvalue weighted by molar-refractivity contribution is -0.119. The monoisotopic (exact) mass is 263 g/mol. The topological polar surface area (TPSA) is 65.5 Å². The molecule has 2 aromatic rings. The van der Waals surface area contributed by atoms with E-state index in [2.05, 4.69) is 10.3 Å². The summed E-state index contributed by atoms with van der Waals surface area (Å²) in [5.41, 5.74) is 0.900. The van der Waals surface area contributed by atoms with Gasteiger partial charge in [0.25, 0.3) is 0 Å². The predicted octanol–water partition coefficient (Wildman–Crippen LogP) is 0.911. The molecular weight excluding hydrogens is 250 g/mol. The van der Waals surface area contributed by atoms with E-state index in [-0.39, 0.29) is 12.0 Å². The van der Waals surface area contributed by atoms with Crippen LogP contribution in [-0.4, -0.2) is 46.6 Å². The van der Waals surface area contributed by atoms with Crippen molar-refractivity contribution in [1.82, 2.24) is 9.88 Å². The Morgan fingerprint density at radius 3 is 3.00 bits per heavy atom. The third kappa shape index (κ3) is 2.35. The Kier molecular flexibility index (Phi) is 2.99. The first kappa shape index (κ1) is 11.6. The summed E-state index contributed by atoms with van der Waals surface area (Å²) in [7, 11) is 0. The molecule has 1 aromatic carbocycles. The second-order valence-electron chi connectivity index (χ2n) is 4.38. The highest BCUT2D eigenvalue weighted by atomic mass is 32.1. The highest BCUT2D eigenvalue weighted by Gasteiger charge is 2.26. The van der Waals surface area contributed by atoms with Crippen LogP contribution in [-0.2, 0) is 4.79 Å². The predicted molar refractivity (Wildman–Crippen MR) is 70.7 cm³/mol. The Labute approximate surface area is 108 Å². The average Bonchev–Trinajstić information content (AvgIpc) is 2.68. The molecule has 0 unspecified atom stereocenters. The minimum atomic E-state index is -0.278. The number of β-amino-alcohol motifs (C(OH)–C–C–N with tert-alkyl or cyclic N) is 1. The number of nitrogens with zero attached hydrogens (tertiary/aromatic N) is 2. The first-order chi connectivity index (χ1) is 8.70. The van der Waals surface area contributed by atoms with Gasteiger partial charge in [-0.2, -0.15) is 0 Å². The minimum Gasteiger partial charge on any atom is -0.390 e. The van der Waals surface area contributed by atoms with Crippen molar-refractivity contribution in [2.24, 2.45) is 0 Å². The maximum atomic E-state index is 11.7. The summed E-state index contributed by atoms with van der Waals surface area (Å²) in [5.74, 6) is -0.0824. The summed E-state index contributed by atoms with van der Waals surface area (Å²) >= 11 is 1.47. The summed E-state index contributed by atoms with van der Waals surface area (Å²) in [6.45, 7) is 1.47. The highest BCUT2D eigenvalue weighted by molar-refractivity contribution is 7.22. The summed E-state index contributed by atoms with van der Waals surface area (Å²) in [5, 5.41) is 12.6. The second kappa shape index (κ2) is 4.64. The zero-order valence-electron chi connectivity index (χ0n) is 9.67. The molecule has 2 N–H and O–H groups in total. The Hall–Kier alpha value is -1.50. The van der Waals surface area contributed by atoms with E-state index in [0.717, 1.165) is 10.2 Å². The van der Waals surface area contributed by atoms with Crippen LogP contribution in [0.3, 0.4) is 0 Å². The van der Waals surface area contributed by atoms with Gasteiger partial charge >= 0.3 is 0 Å². The van der Waals surface area contributed by atoms with Crippen molar-refractivity contribution in [3.63, 3.8) is 0 Å². The molecule has 0 spiro atoms. The smallest absolute Gasteiger partial charge is 0.240 e. The molecule has 6 heteroatoms. The van der Waals surface area contributed by atoms with Crippen molar-refractivity contribution >= 4 is 32.6 Å². The summed E-state index contributed by atoms with van der Waals surface area (Å²) in [6.07, 6.45) is -0.278. The Balaban J connectivity index is 1.63. The van der Waals surface area contributed by atoms with E-state index in [0.29, 0.717) is 24.8 Å². The van der Waals surface area contributed by atoms with Crippen LogP contribution in [0.25, 0.3) is 10.2 Å². The SMILES string of the molecule is O=C(CN1CC(O)C1)Nc1nc2ccccc2s1. The molecule has 0 saturated carbocycles. The number of anilines is 1. The van der Waals surface area contributed by atoms with Crippen LogP contribution < -0.4 is 5.32 Å². The molecule has 3 rings (SSSR count). The molecule has 2 heterocycles. The van der Waals surface area contributed by atoms with Crippen LogP contribution in [0.5, 0.6) is 0 Å². The molecular formula is C12H13N3O2S. The van der Waals surface area contributed by atoms with E-state index >= 15 is 0 Å². The quantitative estimate of drug-likeness (QED) is 0.864. The maximum Gasteiger partial charge on any atom is 0.240 e. The normalized spacial score (nSPS) is 16.7. The number of aliphatic hydroxyl groups is 1. The Morgan fingerprint density at radius 1 is 1.50 bits per heavy atom. The number of amides is 1. The lowest BCUT2D eigenvalue weighted by atomic mass is 10.2. The van der Waals surface area contributed by atoms with E-state index in [1.165, 1.54) is 11.3 Å². The molecule has 1 aromatic heterocycles. The number of hydrogen-bond acceptors (Lipinski definition) is 5. The number of carbonyl (C=O) groups is 1. The number of carbonyl (C=O) groups excluding carboxylic acids is 1. The third-order valence-corrected chi connectivity index (χ3v) is 3.80. The number of benzene rings is 1.